The van der Waals surface area contributed by atoms with Gasteiger partial charge in [-0.15, -0.1) is 17.9 Å². The van der Waals surface area contributed by atoms with Crippen molar-refractivity contribution >= 4 is 11.3 Å². The van der Waals surface area contributed by atoms with Crippen LogP contribution in [0, 0.1) is 0 Å². The molecule has 70 valence electrons. The molecule has 1 aromatic rings. The molecule has 1 aromatic heterocycles. The third kappa shape index (κ3) is 2.42. The Balaban J connectivity index is 1.92. The molecule has 0 saturated heterocycles. The number of hydrogen-bond donors (Lipinski definition) is 0. The van der Waals surface area contributed by atoms with E-state index < -0.39 is 0 Å². The third-order valence-corrected chi connectivity index (χ3v) is 3.23. The predicted octanol–water partition coefficient (Wildman–Crippen LogP) is 2.90. The molecule has 1 heterocycles. The molecule has 0 unspecified atom stereocenters. The van der Waals surface area contributed by atoms with E-state index in [9.17, 15) is 0 Å². The van der Waals surface area contributed by atoms with Crippen LogP contribution in [0.4, 0.5) is 0 Å². The minimum atomic E-state index is 0.833. The van der Waals surface area contributed by atoms with E-state index in [4.69, 9.17) is 0 Å². The summed E-state index contributed by atoms with van der Waals surface area (Å²) in [6, 6.07) is 5.17. The minimum absolute atomic E-state index is 0.833. The van der Waals surface area contributed by atoms with Gasteiger partial charge in [-0.25, -0.2) is 0 Å². The van der Waals surface area contributed by atoms with Crippen molar-refractivity contribution in [3.05, 3.63) is 35.0 Å². The molecule has 0 N–H and O–H groups in total. The molecule has 0 aliphatic heterocycles. The predicted molar refractivity (Wildman–Crippen MR) is 57.9 cm³/mol. The average molecular weight is 193 g/mol. The highest BCUT2D eigenvalue weighted by atomic mass is 32.1. The fraction of sp³-hybridized carbons (Fsp3) is 0.455. The van der Waals surface area contributed by atoms with Gasteiger partial charge in [0.15, 0.2) is 0 Å². The van der Waals surface area contributed by atoms with E-state index in [1.54, 1.807) is 0 Å². The summed E-state index contributed by atoms with van der Waals surface area (Å²) in [6.07, 6.45) is 4.75. The lowest BCUT2D eigenvalue weighted by molar-refractivity contribution is 0.286. The topological polar surface area (TPSA) is 3.24 Å². The largest absolute Gasteiger partial charge is 0.292 e. The molecule has 1 saturated carbocycles. The summed E-state index contributed by atoms with van der Waals surface area (Å²) in [4.78, 5) is 3.98. The van der Waals surface area contributed by atoms with E-state index in [-0.39, 0.29) is 0 Å². The Labute approximate surface area is 83.7 Å². The second-order valence-corrected chi connectivity index (χ2v) is 4.56. The van der Waals surface area contributed by atoms with E-state index in [2.05, 4.69) is 29.0 Å². The fourth-order valence-corrected chi connectivity index (χ4v) is 2.28. The summed E-state index contributed by atoms with van der Waals surface area (Å²) in [5.74, 6) is 0. The Morgan fingerprint density at radius 2 is 2.46 bits per heavy atom. The van der Waals surface area contributed by atoms with Crippen molar-refractivity contribution in [3.8, 4) is 0 Å². The maximum atomic E-state index is 3.80. The lowest BCUT2D eigenvalue weighted by Crippen LogP contribution is -2.24. The second-order valence-electron chi connectivity index (χ2n) is 3.53. The molecule has 13 heavy (non-hydrogen) atoms. The normalized spacial score (nSPS) is 16.4. The van der Waals surface area contributed by atoms with Gasteiger partial charge in [-0.05, 0) is 24.3 Å². The van der Waals surface area contributed by atoms with Crippen molar-refractivity contribution in [2.24, 2.45) is 0 Å². The number of hydrogen-bond acceptors (Lipinski definition) is 2. The molecule has 0 spiro atoms. The molecule has 1 aliphatic carbocycles. The Bertz CT molecular complexity index is 262. The summed E-state index contributed by atoms with van der Waals surface area (Å²) in [5, 5.41) is 2.15. The van der Waals surface area contributed by atoms with Gasteiger partial charge in [0.2, 0.25) is 0 Å². The van der Waals surface area contributed by atoms with Crippen molar-refractivity contribution in [2.75, 3.05) is 6.54 Å². The van der Waals surface area contributed by atoms with Gasteiger partial charge in [0.1, 0.15) is 0 Å². The molecule has 0 amide bonds. The molecule has 2 rings (SSSR count). The molecule has 1 aliphatic rings. The van der Waals surface area contributed by atoms with Gasteiger partial charge in [-0.3, -0.25) is 4.90 Å². The van der Waals surface area contributed by atoms with Crippen molar-refractivity contribution in [1.29, 1.82) is 0 Å². The quantitative estimate of drug-likeness (QED) is 0.650. The van der Waals surface area contributed by atoms with Crippen LogP contribution in [0.5, 0.6) is 0 Å². The van der Waals surface area contributed by atoms with Crippen molar-refractivity contribution in [3.63, 3.8) is 0 Å². The molecule has 2 heteroatoms. The zero-order chi connectivity index (χ0) is 9.10. The van der Waals surface area contributed by atoms with E-state index in [1.165, 1.54) is 17.7 Å². The summed E-state index contributed by atoms with van der Waals surface area (Å²) in [6.45, 7) is 5.94. The summed E-state index contributed by atoms with van der Waals surface area (Å²) in [7, 11) is 0. The van der Waals surface area contributed by atoms with Gasteiger partial charge in [0.25, 0.3) is 0 Å². The van der Waals surface area contributed by atoms with Crippen molar-refractivity contribution < 1.29 is 0 Å². The smallest absolute Gasteiger partial charge is 0.0334 e. The summed E-state index contributed by atoms with van der Waals surface area (Å²) >= 11 is 1.85. The van der Waals surface area contributed by atoms with Crippen LogP contribution in [-0.4, -0.2) is 17.5 Å². The van der Waals surface area contributed by atoms with Crippen LogP contribution in [0.25, 0.3) is 0 Å². The molecule has 0 radical (unpaired) electrons. The van der Waals surface area contributed by atoms with Gasteiger partial charge in [0, 0.05) is 24.0 Å². The molecular weight excluding hydrogens is 178 g/mol. The lowest BCUT2D eigenvalue weighted by atomic mass is 10.4. The first-order valence-corrected chi connectivity index (χ1v) is 5.65. The zero-order valence-electron chi connectivity index (χ0n) is 7.78. The minimum Gasteiger partial charge on any atom is -0.292 e. The SMILES string of the molecule is C=CCN(Cc1cccs1)C1CC1. The van der Waals surface area contributed by atoms with E-state index in [0.29, 0.717) is 0 Å². The highest BCUT2D eigenvalue weighted by Gasteiger charge is 2.27. The Morgan fingerprint density at radius 3 is 3.00 bits per heavy atom. The Morgan fingerprint density at radius 1 is 1.62 bits per heavy atom. The van der Waals surface area contributed by atoms with Gasteiger partial charge in [-0.1, -0.05) is 12.1 Å². The summed E-state index contributed by atoms with van der Waals surface area (Å²) in [5.41, 5.74) is 0. The van der Waals surface area contributed by atoms with E-state index in [1.807, 2.05) is 17.4 Å². The number of thiophene rings is 1. The monoisotopic (exact) mass is 193 g/mol. The maximum Gasteiger partial charge on any atom is 0.0334 e. The van der Waals surface area contributed by atoms with E-state index in [0.717, 1.165) is 19.1 Å². The molecule has 0 bridgehead atoms. The third-order valence-electron chi connectivity index (χ3n) is 2.37. The van der Waals surface area contributed by atoms with Crippen LogP contribution in [0.1, 0.15) is 17.7 Å². The van der Waals surface area contributed by atoms with E-state index >= 15 is 0 Å². The van der Waals surface area contributed by atoms with Gasteiger partial charge >= 0.3 is 0 Å². The van der Waals surface area contributed by atoms with Gasteiger partial charge in [-0.2, -0.15) is 0 Å². The lowest BCUT2D eigenvalue weighted by Gasteiger charge is -2.18. The Hall–Kier alpha value is -0.600. The van der Waals surface area contributed by atoms with Crippen LogP contribution < -0.4 is 0 Å². The first-order chi connectivity index (χ1) is 6.40. The molecule has 0 aromatic carbocycles. The van der Waals surface area contributed by atoms with Crippen LogP contribution in [0.15, 0.2) is 30.2 Å². The van der Waals surface area contributed by atoms with Crippen LogP contribution >= 0.6 is 11.3 Å². The van der Waals surface area contributed by atoms with Crippen LogP contribution in [0.2, 0.25) is 0 Å². The molecule has 1 fully saturated rings. The second kappa shape index (κ2) is 4.07. The van der Waals surface area contributed by atoms with Crippen LogP contribution in [0.3, 0.4) is 0 Å². The standard InChI is InChI=1S/C11H15NS/c1-2-7-12(10-5-6-10)9-11-4-3-8-13-11/h2-4,8,10H,1,5-7,9H2. The average Bonchev–Trinajstić information content (AvgIpc) is 2.85. The van der Waals surface area contributed by atoms with Crippen LogP contribution in [-0.2, 0) is 6.54 Å². The first kappa shape index (κ1) is 8.97. The maximum absolute atomic E-state index is 3.80. The highest BCUT2D eigenvalue weighted by Crippen LogP contribution is 2.28. The molecule has 0 atom stereocenters. The highest BCUT2D eigenvalue weighted by molar-refractivity contribution is 7.09. The Kier molecular flexibility index (Phi) is 2.81. The van der Waals surface area contributed by atoms with Gasteiger partial charge < -0.3 is 0 Å². The first-order valence-electron chi connectivity index (χ1n) is 4.77. The van der Waals surface area contributed by atoms with Crippen molar-refractivity contribution in [2.45, 2.75) is 25.4 Å². The molecule has 1 nitrogen and oxygen atoms in total. The zero-order valence-corrected chi connectivity index (χ0v) is 8.59. The molecular formula is C11H15NS. The van der Waals surface area contributed by atoms with Crippen molar-refractivity contribution in [1.82, 2.24) is 4.90 Å². The summed E-state index contributed by atoms with van der Waals surface area (Å²) < 4.78 is 0. The number of nitrogens with zero attached hydrogens (tertiary/aromatic N) is 1. The fourth-order valence-electron chi connectivity index (χ4n) is 1.55. The van der Waals surface area contributed by atoms with Gasteiger partial charge in [0.05, 0.1) is 0 Å². The number of rotatable bonds is 5.